The highest BCUT2D eigenvalue weighted by Gasteiger charge is 1.81. The minimum Gasteiger partial charge on any atom is -0.508 e. The SMILES string of the molecule is [B]C(=C)/C=C(O)\C=C/C=C. The van der Waals surface area contributed by atoms with Crippen LogP contribution < -0.4 is 0 Å². The second kappa shape index (κ2) is 4.68. The minimum absolute atomic E-state index is 0.0763. The van der Waals surface area contributed by atoms with Crippen LogP contribution >= 0.6 is 0 Å². The van der Waals surface area contributed by atoms with E-state index >= 15 is 0 Å². The largest absolute Gasteiger partial charge is 0.508 e. The van der Waals surface area contributed by atoms with Gasteiger partial charge in [0.15, 0.2) is 0 Å². The Morgan fingerprint density at radius 1 is 1.50 bits per heavy atom. The van der Waals surface area contributed by atoms with Gasteiger partial charge in [0.25, 0.3) is 0 Å². The Hall–Kier alpha value is -1.18. The number of hydrogen-bond acceptors (Lipinski definition) is 1. The highest BCUT2D eigenvalue weighted by atomic mass is 16.3. The smallest absolute Gasteiger partial charge is 0.114 e. The Labute approximate surface area is 62.5 Å². The fourth-order valence-electron chi connectivity index (χ4n) is 0.405. The summed E-state index contributed by atoms with van der Waals surface area (Å²) in [7, 11) is 5.17. The second-order valence-corrected chi connectivity index (χ2v) is 1.74. The number of allylic oxidation sites excluding steroid dienone is 5. The van der Waals surface area contributed by atoms with Crippen molar-refractivity contribution in [3.05, 3.63) is 48.7 Å². The van der Waals surface area contributed by atoms with Crippen molar-refractivity contribution in [1.29, 1.82) is 0 Å². The highest BCUT2D eigenvalue weighted by molar-refractivity contribution is 6.23. The number of aliphatic hydroxyl groups excluding tert-OH is 1. The van der Waals surface area contributed by atoms with Crippen LogP contribution in [0.3, 0.4) is 0 Å². The number of hydrogen-bond donors (Lipinski definition) is 1. The number of rotatable bonds is 3. The fourth-order valence-corrected chi connectivity index (χ4v) is 0.405. The van der Waals surface area contributed by atoms with Gasteiger partial charge in [-0.1, -0.05) is 18.7 Å². The maximum Gasteiger partial charge on any atom is 0.114 e. The molecule has 1 nitrogen and oxygen atoms in total. The van der Waals surface area contributed by atoms with Crippen molar-refractivity contribution >= 4 is 7.85 Å². The van der Waals surface area contributed by atoms with E-state index in [2.05, 4.69) is 13.2 Å². The van der Waals surface area contributed by atoms with Gasteiger partial charge in [0.2, 0.25) is 0 Å². The normalized spacial score (nSPS) is 11.8. The average Bonchev–Trinajstić information content (AvgIpc) is 1.82. The molecule has 0 atom stereocenters. The standard InChI is InChI=1S/C8H9BO/c1-3-4-5-8(10)6-7(2)9/h3-6,10H,1-2H2/b5-4-,8-6+. The quantitative estimate of drug-likeness (QED) is 0.353. The van der Waals surface area contributed by atoms with Crippen LogP contribution in [0, 0.1) is 0 Å². The van der Waals surface area contributed by atoms with Gasteiger partial charge in [0, 0.05) is 0 Å². The van der Waals surface area contributed by atoms with E-state index < -0.39 is 0 Å². The summed E-state index contributed by atoms with van der Waals surface area (Å²) in [4.78, 5) is 0. The molecule has 0 aromatic carbocycles. The fraction of sp³-hybridized carbons (Fsp3) is 0. The van der Waals surface area contributed by atoms with Gasteiger partial charge in [0.05, 0.1) is 0 Å². The van der Waals surface area contributed by atoms with Crippen molar-refractivity contribution in [3.63, 3.8) is 0 Å². The number of aliphatic hydroxyl groups is 1. The molecular weight excluding hydrogens is 123 g/mol. The van der Waals surface area contributed by atoms with Gasteiger partial charge >= 0.3 is 0 Å². The van der Waals surface area contributed by atoms with Crippen LogP contribution in [0.2, 0.25) is 0 Å². The van der Waals surface area contributed by atoms with E-state index in [-0.39, 0.29) is 5.76 Å². The van der Waals surface area contributed by atoms with Crippen molar-refractivity contribution in [2.75, 3.05) is 0 Å². The Morgan fingerprint density at radius 2 is 2.10 bits per heavy atom. The third-order valence-electron chi connectivity index (χ3n) is 0.736. The molecule has 0 aliphatic carbocycles. The van der Waals surface area contributed by atoms with Crippen LogP contribution in [0.4, 0.5) is 0 Å². The van der Waals surface area contributed by atoms with E-state index in [1.165, 1.54) is 12.2 Å². The minimum atomic E-state index is 0.0763. The van der Waals surface area contributed by atoms with Gasteiger partial charge in [0.1, 0.15) is 13.6 Å². The maximum absolute atomic E-state index is 8.94. The molecule has 2 heteroatoms. The molecule has 50 valence electrons. The molecule has 0 amide bonds. The second-order valence-electron chi connectivity index (χ2n) is 1.74. The summed E-state index contributed by atoms with van der Waals surface area (Å²) >= 11 is 0. The molecule has 0 aliphatic rings. The van der Waals surface area contributed by atoms with E-state index in [9.17, 15) is 0 Å². The molecule has 0 bridgehead atoms. The van der Waals surface area contributed by atoms with Crippen LogP contribution in [0.1, 0.15) is 0 Å². The molecule has 0 fully saturated rings. The van der Waals surface area contributed by atoms with Gasteiger partial charge in [-0.05, 0) is 12.2 Å². The lowest BCUT2D eigenvalue weighted by Crippen LogP contribution is -1.76. The summed E-state index contributed by atoms with van der Waals surface area (Å²) in [5, 5.41) is 8.94. The summed E-state index contributed by atoms with van der Waals surface area (Å²) in [5.74, 6) is 0.0763. The van der Waals surface area contributed by atoms with E-state index in [0.717, 1.165) is 0 Å². The Bertz CT molecular complexity index is 189. The summed E-state index contributed by atoms with van der Waals surface area (Å²) in [5.41, 5.74) is 0.325. The first kappa shape index (κ1) is 8.82. The Kier molecular flexibility index (Phi) is 4.13. The molecule has 0 spiro atoms. The van der Waals surface area contributed by atoms with Gasteiger partial charge in [-0.25, -0.2) is 0 Å². The molecule has 0 saturated heterocycles. The third kappa shape index (κ3) is 4.97. The molecule has 0 unspecified atom stereocenters. The summed E-state index contributed by atoms with van der Waals surface area (Å²) in [6, 6.07) is 0. The molecular formula is C8H9BO. The molecule has 2 radical (unpaired) electrons. The van der Waals surface area contributed by atoms with Crippen LogP contribution in [0.25, 0.3) is 0 Å². The first-order valence-electron chi connectivity index (χ1n) is 2.81. The Morgan fingerprint density at radius 3 is 2.50 bits per heavy atom. The Balaban J connectivity index is 4.06. The lowest BCUT2D eigenvalue weighted by atomic mass is 9.97. The molecule has 0 aromatic rings. The van der Waals surface area contributed by atoms with Crippen LogP contribution in [-0.4, -0.2) is 13.0 Å². The van der Waals surface area contributed by atoms with E-state index in [1.54, 1.807) is 12.2 Å². The maximum atomic E-state index is 8.94. The van der Waals surface area contributed by atoms with E-state index in [4.69, 9.17) is 13.0 Å². The molecule has 10 heavy (non-hydrogen) atoms. The van der Waals surface area contributed by atoms with Crippen LogP contribution in [-0.2, 0) is 0 Å². The summed E-state index contributed by atoms with van der Waals surface area (Å²) in [6.07, 6.45) is 6.00. The van der Waals surface area contributed by atoms with Gasteiger partial charge in [-0.15, -0.1) is 12.1 Å². The van der Waals surface area contributed by atoms with Crippen molar-refractivity contribution in [2.45, 2.75) is 0 Å². The van der Waals surface area contributed by atoms with E-state index in [0.29, 0.717) is 5.47 Å². The lowest BCUT2D eigenvalue weighted by molar-refractivity contribution is 0.432. The zero-order chi connectivity index (χ0) is 7.98. The lowest BCUT2D eigenvalue weighted by Gasteiger charge is -1.88. The topological polar surface area (TPSA) is 20.2 Å². The summed E-state index contributed by atoms with van der Waals surface area (Å²) in [6.45, 7) is 6.82. The van der Waals surface area contributed by atoms with E-state index in [1.807, 2.05) is 0 Å². The van der Waals surface area contributed by atoms with Crippen LogP contribution in [0.15, 0.2) is 48.7 Å². The third-order valence-corrected chi connectivity index (χ3v) is 0.736. The first-order valence-corrected chi connectivity index (χ1v) is 2.81. The van der Waals surface area contributed by atoms with Crippen molar-refractivity contribution in [3.8, 4) is 0 Å². The highest BCUT2D eigenvalue weighted by Crippen LogP contribution is 1.94. The molecule has 0 rings (SSSR count). The summed E-state index contributed by atoms with van der Waals surface area (Å²) < 4.78 is 0. The first-order chi connectivity index (χ1) is 4.66. The predicted molar refractivity (Wildman–Crippen MR) is 44.9 cm³/mol. The van der Waals surface area contributed by atoms with Crippen LogP contribution in [0.5, 0.6) is 0 Å². The zero-order valence-corrected chi connectivity index (χ0v) is 5.75. The predicted octanol–water partition coefficient (Wildman–Crippen LogP) is 1.85. The monoisotopic (exact) mass is 132 g/mol. The van der Waals surface area contributed by atoms with Crippen molar-refractivity contribution < 1.29 is 5.11 Å². The average molecular weight is 132 g/mol. The molecule has 0 heterocycles. The molecule has 1 N–H and O–H groups in total. The molecule has 0 aliphatic heterocycles. The van der Waals surface area contributed by atoms with Crippen molar-refractivity contribution in [1.82, 2.24) is 0 Å². The van der Waals surface area contributed by atoms with Gasteiger partial charge in [-0.2, -0.15) is 0 Å². The zero-order valence-electron chi connectivity index (χ0n) is 5.75. The van der Waals surface area contributed by atoms with Gasteiger partial charge < -0.3 is 5.11 Å². The molecule has 0 saturated carbocycles. The van der Waals surface area contributed by atoms with Gasteiger partial charge in [-0.3, -0.25) is 0 Å². The van der Waals surface area contributed by atoms with Crippen molar-refractivity contribution in [2.24, 2.45) is 0 Å². The molecule has 0 aromatic heterocycles.